The predicted octanol–water partition coefficient (Wildman–Crippen LogP) is 2.03. The fraction of sp³-hybridized carbons (Fsp3) is 0.500. The molecule has 0 spiro atoms. The Labute approximate surface area is 136 Å². The summed E-state index contributed by atoms with van der Waals surface area (Å²) in [4.78, 5) is 25.6. The normalized spacial score (nSPS) is 19.3. The third-order valence-corrected chi connectivity index (χ3v) is 4.45. The molecule has 0 aromatic heterocycles. The lowest BCUT2D eigenvalue weighted by Gasteiger charge is -2.31. The van der Waals surface area contributed by atoms with Crippen LogP contribution in [0, 0.1) is 11.8 Å². The van der Waals surface area contributed by atoms with Gasteiger partial charge in [0.1, 0.15) is 0 Å². The maximum absolute atomic E-state index is 12.1. The van der Waals surface area contributed by atoms with Crippen molar-refractivity contribution < 1.29 is 9.59 Å². The minimum Gasteiger partial charge on any atom is -0.326 e. The van der Waals surface area contributed by atoms with Crippen molar-refractivity contribution >= 4 is 35.6 Å². The zero-order chi connectivity index (χ0) is 14.8. The molecule has 2 aliphatic heterocycles. The van der Waals surface area contributed by atoms with Crippen LogP contribution in [0.1, 0.15) is 19.8 Å². The van der Waals surface area contributed by atoms with E-state index in [1.54, 1.807) is 4.90 Å². The summed E-state index contributed by atoms with van der Waals surface area (Å²) in [6, 6.07) is 7.53. The van der Waals surface area contributed by atoms with E-state index in [1.165, 1.54) is 0 Å². The van der Waals surface area contributed by atoms with Gasteiger partial charge in [-0.05, 0) is 49.7 Å². The molecular weight excluding hydrogens is 302 g/mol. The first-order chi connectivity index (χ1) is 10.1. The number of anilines is 2. The molecule has 6 heteroatoms. The Kier molecular flexibility index (Phi) is 5.42. The smallest absolute Gasteiger partial charge is 0.227 e. The van der Waals surface area contributed by atoms with Gasteiger partial charge in [-0.3, -0.25) is 9.59 Å². The third-order valence-electron chi connectivity index (χ3n) is 4.45. The highest BCUT2D eigenvalue weighted by molar-refractivity contribution is 5.96. The number of hydrogen-bond acceptors (Lipinski definition) is 3. The highest BCUT2D eigenvalue weighted by atomic mass is 35.5. The van der Waals surface area contributed by atoms with E-state index in [-0.39, 0.29) is 30.1 Å². The Morgan fingerprint density at radius 1 is 1.32 bits per heavy atom. The second-order valence-corrected chi connectivity index (χ2v) is 5.89. The van der Waals surface area contributed by atoms with Gasteiger partial charge in [-0.1, -0.05) is 6.92 Å². The highest BCUT2D eigenvalue weighted by Gasteiger charge is 2.28. The van der Waals surface area contributed by atoms with E-state index < -0.39 is 0 Å². The molecule has 2 saturated heterocycles. The first-order valence-electron chi connectivity index (χ1n) is 7.57. The van der Waals surface area contributed by atoms with Crippen LogP contribution < -0.4 is 15.5 Å². The molecule has 1 atom stereocenters. The van der Waals surface area contributed by atoms with Gasteiger partial charge in [-0.25, -0.2) is 0 Å². The fourth-order valence-corrected chi connectivity index (χ4v) is 2.78. The molecular formula is C16H22ClN3O2. The van der Waals surface area contributed by atoms with Gasteiger partial charge in [0, 0.05) is 30.3 Å². The number of rotatable bonds is 4. The Morgan fingerprint density at radius 2 is 2.00 bits per heavy atom. The summed E-state index contributed by atoms with van der Waals surface area (Å²) < 4.78 is 0. The molecule has 0 bridgehead atoms. The maximum atomic E-state index is 12.1. The number of carbonyl (C=O) groups is 2. The van der Waals surface area contributed by atoms with Gasteiger partial charge in [0.15, 0.2) is 0 Å². The largest absolute Gasteiger partial charge is 0.326 e. The van der Waals surface area contributed by atoms with Gasteiger partial charge in [0.25, 0.3) is 0 Å². The summed E-state index contributed by atoms with van der Waals surface area (Å²) in [6.07, 6.45) is 1.55. The second-order valence-electron chi connectivity index (χ2n) is 5.89. The lowest BCUT2D eigenvalue weighted by atomic mass is 9.88. The van der Waals surface area contributed by atoms with Gasteiger partial charge in [0.05, 0.1) is 0 Å². The summed E-state index contributed by atoms with van der Waals surface area (Å²) in [6.45, 7) is 4.60. The van der Waals surface area contributed by atoms with Crippen LogP contribution >= 0.6 is 12.4 Å². The van der Waals surface area contributed by atoms with E-state index >= 15 is 0 Å². The second kappa shape index (κ2) is 7.11. The molecule has 2 aliphatic rings. The third kappa shape index (κ3) is 3.42. The standard InChI is InChI=1S/C16H21N3O2.ClH/c1-11(12-9-17-10-12)16(21)18-13-4-6-14(7-5-13)19-8-2-3-15(19)20;/h4-7,11-12,17H,2-3,8-10H2,1H3,(H,18,21);1H. The SMILES string of the molecule is CC(C(=O)Nc1ccc(N2CCCC2=O)cc1)C1CNC1.Cl. The quantitative estimate of drug-likeness (QED) is 0.891. The monoisotopic (exact) mass is 323 g/mol. The molecule has 1 aromatic rings. The van der Waals surface area contributed by atoms with Crippen LogP contribution in [-0.2, 0) is 9.59 Å². The van der Waals surface area contributed by atoms with Crippen LogP contribution in [0.25, 0.3) is 0 Å². The first-order valence-corrected chi connectivity index (χ1v) is 7.57. The summed E-state index contributed by atoms with van der Waals surface area (Å²) in [7, 11) is 0. The van der Waals surface area contributed by atoms with Gasteiger partial charge in [-0.15, -0.1) is 12.4 Å². The minimum atomic E-state index is 0. The number of benzene rings is 1. The number of amides is 2. The minimum absolute atomic E-state index is 0. The van der Waals surface area contributed by atoms with Crippen molar-refractivity contribution in [3.05, 3.63) is 24.3 Å². The van der Waals surface area contributed by atoms with Crippen LogP contribution in [0.15, 0.2) is 24.3 Å². The van der Waals surface area contributed by atoms with Crippen LogP contribution in [0.3, 0.4) is 0 Å². The molecule has 2 N–H and O–H groups in total. The van der Waals surface area contributed by atoms with Crippen LogP contribution in [-0.4, -0.2) is 31.4 Å². The lowest BCUT2D eigenvalue weighted by molar-refractivity contribution is -0.121. The number of hydrogen-bond donors (Lipinski definition) is 2. The van der Waals surface area contributed by atoms with Crippen LogP contribution in [0.4, 0.5) is 11.4 Å². The maximum Gasteiger partial charge on any atom is 0.227 e. The van der Waals surface area contributed by atoms with Crippen molar-refractivity contribution in [2.75, 3.05) is 29.9 Å². The molecule has 1 aromatic carbocycles. The first kappa shape index (κ1) is 16.8. The summed E-state index contributed by atoms with van der Waals surface area (Å²) in [5, 5.41) is 6.14. The molecule has 1 unspecified atom stereocenters. The van der Waals surface area contributed by atoms with Crippen molar-refractivity contribution in [1.82, 2.24) is 5.32 Å². The van der Waals surface area contributed by atoms with E-state index in [2.05, 4.69) is 10.6 Å². The summed E-state index contributed by atoms with van der Waals surface area (Å²) in [5.41, 5.74) is 1.70. The Hall–Kier alpha value is -1.59. The van der Waals surface area contributed by atoms with Gasteiger partial charge in [0.2, 0.25) is 11.8 Å². The van der Waals surface area contributed by atoms with Crippen molar-refractivity contribution in [2.45, 2.75) is 19.8 Å². The van der Waals surface area contributed by atoms with E-state index in [4.69, 9.17) is 0 Å². The number of halogens is 1. The molecule has 2 fully saturated rings. The molecule has 2 amide bonds. The zero-order valence-electron chi connectivity index (χ0n) is 12.7. The van der Waals surface area contributed by atoms with Gasteiger partial charge < -0.3 is 15.5 Å². The average molecular weight is 324 g/mol. The molecule has 2 heterocycles. The van der Waals surface area contributed by atoms with Crippen molar-refractivity contribution in [3.8, 4) is 0 Å². The Balaban J connectivity index is 0.00000176. The van der Waals surface area contributed by atoms with Crippen LogP contribution in [0.5, 0.6) is 0 Å². The van der Waals surface area contributed by atoms with Gasteiger partial charge in [-0.2, -0.15) is 0 Å². The Morgan fingerprint density at radius 3 is 2.50 bits per heavy atom. The number of nitrogens with one attached hydrogen (secondary N) is 2. The topological polar surface area (TPSA) is 61.4 Å². The summed E-state index contributed by atoms with van der Waals surface area (Å²) in [5.74, 6) is 0.696. The summed E-state index contributed by atoms with van der Waals surface area (Å²) >= 11 is 0. The number of carbonyl (C=O) groups excluding carboxylic acids is 2. The fourth-order valence-electron chi connectivity index (χ4n) is 2.78. The number of nitrogens with zero attached hydrogens (tertiary/aromatic N) is 1. The van der Waals surface area contributed by atoms with E-state index in [0.29, 0.717) is 12.3 Å². The molecule has 120 valence electrons. The molecule has 0 aliphatic carbocycles. The highest BCUT2D eigenvalue weighted by Crippen LogP contribution is 2.24. The Bertz CT molecular complexity index is 543. The van der Waals surface area contributed by atoms with E-state index in [9.17, 15) is 9.59 Å². The molecule has 0 radical (unpaired) electrons. The molecule has 0 saturated carbocycles. The predicted molar refractivity (Wildman–Crippen MR) is 89.4 cm³/mol. The van der Waals surface area contributed by atoms with E-state index in [1.807, 2.05) is 31.2 Å². The zero-order valence-corrected chi connectivity index (χ0v) is 13.5. The van der Waals surface area contributed by atoms with Crippen molar-refractivity contribution in [3.63, 3.8) is 0 Å². The lowest BCUT2D eigenvalue weighted by Crippen LogP contribution is -2.48. The van der Waals surface area contributed by atoms with Crippen molar-refractivity contribution in [1.29, 1.82) is 0 Å². The van der Waals surface area contributed by atoms with Crippen molar-refractivity contribution in [2.24, 2.45) is 11.8 Å². The van der Waals surface area contributed by atoms with E-state index in [0.717, 1.165) is 37.4 Å². The van der Waals surface area contributed by atoms with Crippen LogP contribution in [0.2, 0.25) is 0 Å². The molecule has 3 rings (SSSR count). The molecule has 22 heavy (non-hydrogen) atoms. The molecule has 5 nitrogen and oxygen atoms in total. The van der Waals surface area contributed by atoms with Gasteiger partial charge >= 0.3 is 0 Å². The average Bonchev–Trinajstić information content (AvgIpc) is 2.84.